The van der Waals surface area contributed by atoms with Crippen LogP contribution in [-0.4, -0.2) is 46.0 Å². The van der Waals surface area contributed by atoms with Gasteiger partial charge in [-0.05, 0) is 18.6 Å². The molecule has 0 spiro atoms. The number of carbonyl (C=O) groups is 2. The number of hydrogen-bond donors (Lipinski definition) is 3. The van der Waals surface area contributed by atoms with Crippen molar-refractivity contribution < 1.29 is 24.3 Å². The normalized spacial score (nSPS) is 18.2. The highest BCUT2D eigenvalue weighted by Crippen LogP contribution is 2.39. The van der Waals surface area contributed by atoms with Gasteiger partial charge >= 0.3 is 5.97 Å². The maximum Gasteiger partial charge on any atom is 0.343 e. The number of aromatic nitrogens is 2. The molecule has 0 fully saturated rings. The number of amides is 1. The van der Waals surface area contributed by atoms with Crippen molar-refractivity contribution in [3.63, 3.8) is 0 Å². The smallest absolute Gasteiger partial charge is 0.343 e. The highest BCUT2D eigenvalue weighted by molar-refractivity contribution is 6.02. The van der Waals surface area contributed by atoms with Crippen LogP contribution < -0.4 is 16.6 Å². The first kappa shape index (κ1) is 22.7. The number of oxime groups is 1. The van der Waals surface area contributed by atoms with Gasteiger partial charge in [0, 0.05) is 22.1 Å². The molecule has 2 aliphatic heterocycles. The molecule has 0 saturated heterocycles. The SMILES string of the molecule is CC[C@@]1(O)C(=O)OCc2c1cc1n(c2=O)Cc2c-1nc1ccccc1c2/C=N/OCNC(=O)CN. The van der Waals surface area contributed by atoms with Crippen LogP contribution in [0.3, 0.4) is 0 Å². The number of fused-ring (bicyclic) bond motifs is 5. The van der Waals surface area contributed by atoms with Crippen molar-refractivity contribution in [2.24, 2.45) is 10.9 Å². The quantitative estimate of drug-likeness (QED) is 0.119. The fourth-order valence-corrected chi connectivity index (χ4v) is 4.52. The maximum absolute atomic E-state index is 13.4. The molecule has 1 atom stereocenters. The third kappa shape index (κ3) is 3.56. The summed E-state index contributed by atoms with van der Waals surface area (Å²) < 4.78 is 6.68. The van der Waals surface area contributed by atoms with Gasteiger partial charge in [-0.25, -0.2) is 9.78 Å². The van der Waals surface area contributed by atoms with Gasteiger partial charge in [0.2, 0.25) is 5.91 Å². The second kappa shape index (κ2) is 8.60. The Hall–Kier alpha value is -4.09. The Balaban J connectivity index is 1.63. The number of carbonyl (C=O) groups excluding carboxylic acids is 2. The van der Waals surface area contributed by atoms with Crippen molar-refractivity contribution >= 4 is 29.0 Å². The van der Waals surface area contributed by atoms with E-state index >= 15 is 0 Å². The molecule has 0 radical (unpaired) electrons. The number of rotatable bonds is 6. The van der Waals surface area contributed by atoms with Crippen LogP contribution in [0.2, 0.25) is 0 Å². The first-order valence-corrected chi connectivity index (χ1v) is 11.1. The molecule has 0 unspecified atom stereocenters. The van der Waals surface area contributed by atoms with Gasteiger partial charge in [-0.2, -0.15) is 0 Å². The number of nitrogens with zero attached hydrogens (tertiary/aromatic N) is 3. The number of ether oxygens (including phenoxy) is 1. The first-order valence-electron chi connectivity index (χ1n) is 11.1. The molecular weight excluding hydrogens is 454 g/mol. The number of pyridine rings is 2. The summed E-state index contributed by atoms with van der Waals surface area (Å²) in [5, 5.41) is 18.3. The summed E-state index contributed by atoms with van der Waals surface area (Å²) in [6, 6.07) is 9.11. The van der Waals surface area contributed by atoms with Gasteiger partial charge in [0.15, 0.2) is 12.3 Å². The molecule has 2 aromatic heterocycles. The zero-order chi connectivity index (χ0) is 24.7. The fraction of sp³-hybridized carbons (Fsp3) is 0.292. The first-order chi connectivity index (χ1) is 16.9. The van der Waals surface area contributed by atoms with Crippen molar-refractivity contribution in [2.75, 3.05) is 13.3 Å². The van der Waals surface area contributed by atoms with E-state index in [2.05, 4.69) is 10.5 Å². The lowest BCUT2D eigenvalue weighted by molar-refractivity contribution is -0.172. The third-order valence-corrected chi connectivity index (χ3v) is 6.41. The van der Waals surface area contributed by atoms with E-state index in [1.54, 1.807) is 17.6 Å². The van der Waals surface area contributed by atoms with Crippen LogP contribution >= 0.6 is 0 Å². The van der Waals surface area contributed by atoms with E-state index in [0.717, 1.165) is 10.9 Å². The maximum atomic E-state index is 13.4. The van der Waals surface area contributed by atoms with E-state index < -0.39 is 11.6 Å². The molecule has 0 bridgehead atoms. The van der Waals surface area contributed by atoms with Crippen molar-refractivity contribution in [3.05, 3.63) is 62.9 Å². The van der Waals surface area contributed by atoms with E-state index in [0.29, 0.717) is 22.5 Å². The summed E-state index contributed by atoms with van der Waals surface area (Å²) in [6.07, 6.45) is 1.58. The van der Waals surface area contributed by atoms with Crippen LogP contribution in [0.25, 0.3) is 22.3 Å². The molecule has 5 rings (SSSR count). The summed E-state index contributed by atoms with van der Waals surface area (Å²) in [6.45, 7) is 1.38. The van der Waals surface area contributed by atoms with E-state index in [1.807, 2.05) is 24.3 Å². The zero-order valence-corrected chi connectivity index (χ0v) is 18.9. The van der Waals surface area contributed by atoms with Crippen LogP contribution in [0.15, 0.2) is 40.3 Å². The number of nitrogens with one attached hydrogen (secondary N) is 1. The van der Waals surface area contributed by atoms with E-state index in [9.17, 15) is 19.5 Å². The van der Waals surface area contributed by atoms with Crippen LogP contribution in [0.4, 0.5) is 0 Å². The predicted octanol–water partition coefficient (Wildman–Crippen LogP) is 0.463. The highest BCUT2D eigenvalue weighted by Gasteiger charge is 2.45. The summed E-state index contributed by atoms with van der Waals surface area (Å²) in [7, 11) is 0. The Morgan fingerprint density at radius 1 is 1.37 bits per heavy atom. The van der Waals surface area contributed by atoms with E-state index in [-0.39, 0.29) is 55.4 Å². The number of nitrogens with two attached hydrogens (primary N) is 1. The summed E-state index contributed by atoms with van der Waals surface area (Å²) >= 11 is 0. The average molecular weight is 477 g/mol. The van der Waals surface area contributed by atoms with Gasteiger partial charge in [-0.15, -0.1) is 0 Å². The van der Waals surface area contributed by atoms with Crippen molar-refractivity contribution in [3.8, 4) is 11.4 Å². The highest BCUT2D eigenvalue weighted by atomic mass is 16.6. The van der Waals surface area contributed by atoms with Gasteiger partial charge in [-0.3, -0.25) is 9.59 Å². The monoisotopic (exact) mass is 477 g/mol. The summed E-state index contributed by atoms with van der Waals surface area (Å²) in [5.41, 5.74) is 6.70. The number of aliphatic hydroxyl groups is 1. The molecular formula is C24H23N5O6. The number of para-hydroxylation sites is 1. The topological polar surface area (TPSA) is 158 Å². The molecule has 1 aromatic carbocycles. The minimum absolute atomic E-state index is 0.0652. The molecule has 4 N–H and O–H groups in total. The van der Waals surface area contributed by atoms with Crippen LogP contribution in [0.1, 0.15) is 35.6 Å². The summed E-state index contributed by atoms with van der Waals surface area (Å²) in [5.74, 6) is -1.14. The van der Waals surface area contributed by atoms with Gasteiger partial charge in [-0.1, -0.05) is 30.3 Å². The average Bonchev–Trinajstić information content (AvgIpc) is 3.24. The van der Waals surface area contributed by atoms with Gasteiger partial charge < -0.3 is 30.3 Å². The van der Waals surface area contributed by atoms with Crippen molar-refractivity contribution in [2.45, 2.75) is 32.1 Å². The standard InChI is InChI=1S/C24H23N5O6/c1-2-24(33)17-7-19-21-15(10-29(19)22(31)16(17)11-34-23(24)32)14(9-27-35-12-26-20(30)8-25)13-5-3-4-6-18(13)28-21/h3-7,9,33H,2,8,10-12,25H2,1H3,(H,26,30)/b27-9+/t24-/m0/s1. The van der Waals surface area contributed by atoms with Gasteiger partial charge in [0.25, 0.3) is 5.56 Å². The van der Waals surface area contributed by atoms with Crippen molar-refractivity contribution in [1.29, 1.82) is 0 Å². The molecule has 180 valence electrons. The largest absolute Gasteiger partial charge is 0.458 e. The van der Waals surface area contributed by atoms with Gasteiger partial charge in [0.1, 0.15) is 6.61 Å². The minimum atomic E-state index is -1.89. The third-order valence-electron chi connectivity index (χ3n) is 6.41. The Labute approximate surface area is 199 Å². The molecule has 1 amide bonds. The molecule has 3 aromatic rings. The number of cyclic esters (lactones) is 1. The Morgan fingerprint density at radius 2 is 2.17 bits per heavy atom. The fourth-order valence-electron chi connectivity index (χ4n) is 4.52. The minimum Gasteiger partial charge on any atom is -0.458 e. The van der Waals surface area contributed by atoms with Gasteiger partial charge in [0.05, 0.1) is 41.8 Å². The predicted molar refractivity (Wildman–Crippen MR) is 125 cm³/mol. The molecule has 11 heteroatoms. The number of benzene rings is 1. The van der Waals surface area contributed by atoms with E-state index in [4.69, 9.17) is 20.3 Å². The zero-order valence-electron chi connectivity index (χ0n) is 18.9. The van der Waals surface area contributed by atoms with Crippen molar-refractivity contribution in [1.82, 2.24) is 14.9 Å². The number of hydrogen-bond acceptors (Lipinski definition) is 9. The lowest BCUT2D eigenvalue weighted by Crippen LogP contribution is -2.44. The van der Waals surface area contributed by atoms with Crippen LogP contribution in [-0.2, 0) is 37.9 Å². The number of esters is 1. The molecule has 4 heterocycles. The van der Waals surface area contributed by atoms with Crippen LogP contribution in [0, 0.1) is 0 Å². The second-order valence-electron chi connectivity index (χ2n) is 8.28. The lowest BCUT2D eigenvalue weighted by atomic mass is 9.86. The molecule has 2 aliphatic rings. The van der Waals surface area contributed by atoms with Crippen LogP contribution in [0.5, 0.6) is 0 Å². The molecule has 0 aliphatic carbocycles. The van der Waals surface area contributed by atoms with E-state index in [1.165, 1.54) is 6.21 Å². The molecule has 0 saturated carbocycles. The Kier molecular flexibility index (Phi) is 5.58. The Bertz CT molecular complexity index is 1460. The Morgan fingerprint density at radius 3 is 2.94 bits per heavy atom. The molecule has 35 heavy (non-hydrogen) atoms. The second-order valence-corrected chi connectivity index (χ2v) is 8.28. The lowest BCUT2D eigenvalue weighted by Gasteiger charge is -2.31. The summed E-state index contributed by atoms with van der Waals surface area (Å²) in [4.78, 5) is 47.0. The molecule has 11 nitrogen and oxygen atoms in total.